The summed E-state index contributed by atoms with van der Waals surface area (Å²) in [6.45, 7) is 6.66. The molecule has 0 aromatic heterocycles. The van der Waals surface area contributed by atoms with Crippen molar-refractivity contribution in [3.8, 4) is 0 Å². The van der Waals surface area contributed by atoms with Gasteiger partial charge in [0.25, 0.3) is 0 Å². The van der Waals surface area contributed by atoms with Crippen LogP contribution in [0.3, 0.4) is 0 Å². The molecule has 1 aromatic rings. The van der Waals surface area contributed by atoms with Crippen LogP contribution in [0.25, 0.3) is 0 Å². The van der Waals surface area contributed by atoms with E-state index < -0.39 is 0 Å². The molecule has 3 rings (SSSR count). The minimum absolute atomic E-state index is 0.348. The lowest BCUT2D eigenvalue weighted by Gasteiger charge is -2.48. The van der Waals surface area contributed by atoms with Gasteiger partial charge in [-0.3, -0.25) is 0 Å². The molecule has 1 saturated carbocycles. The Morgan fingerprint density at radius 2 is 2.10 bits per heavy atom. The summed E-state index contributed by atoms with van der Waals surface area (Å²) in [6, 6.07) is 6.89. The van der Waals surface area contributed by atoms with Crippen LogP contribution < -0.4 is 10.2 Å². The average Bonchev–Trinajstić information content (AvgIpc) is 2.90. The van der Waals surface area contributed by atoms with Crippen LogP contribution in [0.4, 0.5) is 5.69 Å². The van der Waals surface area contributed by atoms with Gasteiger partial charge in [-0.05, 0) is 43.9 Å². The summed E-state index contributed by atoms with van der Waals surface area (Å²) in [6.07, 6.45) is 6.55. The van der Waals surface area contributed by atoms with E-state index in [9.17, 15) is 0 Å². The maximum absolute atomic E-state index is 6.33. The first-order valence-corrected chi connectivity index (χ1v) is 8.30. The minimum atomic E-state index is 0.348. The van der Waals surface area contributed by atoms with Crippen molar-refractivity contribution in [2.45, 2.75) is 57.5 Å². The predicted molar refractivity (Wildman–Crippen MR) is 86.8 cm³/mol. The van der Waals surface area contributed by atoms with Gasteiger partial charge in [0.2, 0.25) is 0 Å². The van der Waals surface area contributed by atoms with Gasteiger partial charge in [0, 0.05) is 35.4 Å². The molecule has 2 aliphatic rings. The Kier molecular flexibility index (Phi) is 3.96. The second-order valence-corrected chi connectivity index (χ2v) is 6.85. The molecule has 2 nitrogen and oxygen atoms in total. The summed E-state index contributed by atoms with van der Waals surface area (Å²) < 4.78 is 0. The third-order valence-electron chi connectivity index (χ3n) is 5.21. The number of hydrogen-bond acceptors (Lipinski definition) is 2. The number of nitrogens with one attached hydrogen (secondary N) is 1. The van der Waals surface area contributed by atoms with E-state index in [1.54, 1.807) is 0 Å². The van der Waals surface area contributed by atoms with Crippen LogP contribution >= 0.6 is 11.6 Å². The topological polar surface area (TPSA) is 15.3 Å². The first-order chi connectivity index (χ1) is 9.65. The standard InChI is InChI=1S/C17H25ClN2/c1-3-14-11-19-17(9-4-5-10-17)12-20(14)16-8-6-7-15(18)13(16)2/h6-8,14,19H,3-5,9-12H2,1-2H3. The van der Waals surface area contributed by atoms with Gasteiger partial charge in [0.05, 0.1) is 0 Å². The minimum Gasteiger partial charge on any atom is -0.365 e. The van der Waals surface area contributed by atoms with Gasteiger partial charge in [-0.1, -0.05) is 37.4 Å². The summed E-state index contributed by atoms with van der Waals surface area (Å²) >= 11 is 6.33. The number of nitrogens with zero attached hydrogens (tertiary/aromatic N) is 1. The fourth-order valence-electron chi connectivity index (χ4n) is 3.90. The number of piperazine rings is 1. The summed E-state index contributed by atoms with van der Waals surface area (Å²) in [5.74, 6) is 0. The maximum Gasteiger partial charge on any atom is 0.0455 e. The first-order valence-electron chi connectivity index (χ1n) is 7.92. The first kappa shape index (κ1) is 14.2. The molecule has 1 aromatic carbocycles. The molecule has 1 atom stereocenters. The SMILES string of the molecule is CCC1CNC2(CCCC2)CN1c1cccc(Cl)c1C. The zero-order valence-electron chi connectivity index (χ0n) is 12.6. The van der Waals surface area contributed by atoms with Crippen molar-refractivity contribution in [1.82, 2.24) is 5.32 Å². The zero-order valence-corrected chi connectivity index (χ0v) is 13.3. The molecule has 1 aliphatic carbocycles. The Morgan fingerprint density at radius 1 is 1.35 bits per heavy atom. The van der Waals surface area contributed by atoms with E-state index >= 15 is 0 Å². The van der Waals surface area contributed by atoms with E-state index in [2.05, 4.69) is 36.2 Å². The third-order valence-corrected chi connectivity index (χ3v) is 5.62. The van der Waals surface area contributed by atoms with Crippen LogP contribution in [0.15, 0.2) is 18.2 Å². The highest BCUT2D eigenvalue weighted by molar-refractivity contribution is 6.31. The number of benzene rings is 1. The molecule has 1 saturated heterocycles. The Hall–Kier alpha value is -0.730. The smallest absolute Gasteiger partial charge is 0.0455 e. The van der Waals surface area contributed by atoms with Gasteiger partial charge in [-0.15, -0.1) is 0 Å². The van der Waals surface area contributed by atoms with Crippen molar-refractivity contribution in [3.63, 3.8) is 0 Å². The number of hydrogen-bond donors (Lipinski definition) is 1. The third kappa shape index (κ3) is 2.44. The Bertz CT molecular complexity index is 480. The molecule has 1 aliphatic heterocycles. The lowest BCUT2D eigenvalue weighted by Crippen LogP contribution is -2.63. The molecule has 1 spiro atoms. The van der Waals surface area contributed by atoms with Crippen molar-refractivity contribution < 1.29 is 0 Å². The molecular weight excluding hydrogens is 268 g/mol. The van der Waals surface area contributed by atoms with E-state index in [0.717, 1.165) is 18.1 Å². The van der Waals surface area contributed by atoms with E-state index in [4.69, 9.17) is 11.6 Å². The average molecular weight is 293 g/mol. The Balaban J connectivity index is 1.92. The summed E-state index contributed by atoms with van der Waals surface area (Å²) in [4.78, 5) is 2.61. The summed E-state index contributed by atoms with van der Waals surface area (Å²) in [7, 11) is 0. The molecule has 1 N–H and O–H groups in total. The van der Waals surface area contributed by atoms with Crippen molar-refractivity contribution >= 4 is 17.3 Å². The highest BCUT2D eigenvalue weighted by atomic mass is 35.5. The van der Waals surface area contributed by atoms with Crippen molar-refractivity contribution in [2.75, 3.05) is 18.0 Å². The monoisotopic (exact) mass is 292 g/mol. The lowest BCUT2D eigenvalue weighted by atomic mass is 9.91. The molecule has 0 amide bonds. The van der Waals surface area contributed by atoms with Crippen molar-refractivity contribution in [1.29, 1.82) is 0 Å². The van der Waals surface area contributed by atoms with Crippen LogP contribution in [0.5, 0.6) is 0 Å². The van der Waals surface area contributed by atoms with Gasteiger partial charge >= 0.3 is 0 Å². The van der Waals surface area contributed by atoms with Crippen LogP contribution in [-0.2, 0) is 0 Å². The van der Waals surface area contributed by atoms with Gasteiger partial charge in [-0.2, -0.15) is 0 Å². The number of rotatable bonds is 2. The molecule has 2 fully saturated rings. The molecular formula is C17H25ClN2. The largest absolute Gasteiger partial charge is 0.365 e. The van der Waals surface area contributed by atoms with Gasteiger partial charge in [0.1, 0.15) is 0 Å². The molecule has 0 radical (unpaired) electrons. The van der Waals surface area contributed by atoms with Crippen LogP contribution in [0.2, 0.25) is 5.02 Å². The number of anilines is 1. The Morgan fingerprint density at radius 3 is 2.80 bits per heavy atom. The zero-order chi connectivity index (χ0) is 14.2. The Labute approximate surface area is 127 Å². The fourth-order valence-corrected chi connectivity index (χ4v) is 4.07. The molecule has 1 unspecified atom stereocenters. The number of halogens is 1. The molecule has 20 heavy (non-hydrogen) atoms. The summed E-state index contributed by atoms with van der Waals surface area (Å²) in [5, 5.41) is 4.74. The molecule has 0 bridgehead atoms. The van der Waals surface area contributed by atoms with Crippen LogP contribution in [0, 0.1) is 6.92 Å². The van der Waals surface area contributed by atoms with E-state index in [-0.39, 0.29) is 0 Å². The van der Waals surface area contributed by atoms with Gasteiger partial charge < -0.3 is 10.2 Å². The van der Waals surface area contributed by atoms with Gasteiger partial charge in [0.15, 0.2) is 0 Å². The second-order valence-electron chi connectivity index (χ2n) is 6.44. The maximum atomic E-state index is 6.33. The lowest BCUT2D eigenvalue weighted by molar-refractivity contribution is 0.267. The van der Waals surface area contributed by atoms with E-state index in [1.807, 2.05) is 6.07 Å². The fraction of sp³-hybridized carbons (Fsp3) is 0.647. The second kappa shape index (κ2) is 5.57. The van der Waals surface area contributed by atoms with Crippen molar-refractivity contribution in [2.24, 2.45) is 0 Å². The molecule has 1 heterocycles. The quantitative estimate of drug-likeness (QED) is 0.881. The molecule has 3 heteroatoms. The normalized spacial score (nSPS) is 25.4. The highest BCUT2D eigenvalue weighted by Gasteiger charge is 2.40. The van der Waals surface area contributed by atoms with Crippen LogP contribution in [0.1, 0.15) is 44.6 Å². The van der Waals surface area contributed by atoms with Crippen molar-refractivity contribution in [3.05, 3.63) is 28.8 Å². The van der Waals surface area contributed by atoms with Crippen LogP contribution in [-0.4, -0.2) is 24.7 Å². The van der Waals surface area contributed by atoms with Gasteiger partial charge in [-0.25, -0.2) is 0 Å². The predicted octanol–water partition coefficient (Wildman–Crippen LogP) is 4.15. The molecule has 110 valence electrons. The van der Waals surface area contributed by atoms with E-state index in [0.29, 0.717) is 11.6 Å². The summed E-state index contributed by atoms with van der Waals surface area (Å²) in [5.41, 5.74) is 2.90. The van der Waals surface area contributed by atoms with E-state index in [1.165, 1.54) is 43.4 Å². The highest BCUT2D eigenvalue weighted by Crippen LogP contribution is 2.37.